The van der Waals surface area contributed by atoms with Crippen LogP contribution in [0.25, 0.3) is 0 Å². The summed E-state index contributed by atoms with van der Waals surface area (Å²) in [6.45, 7) is 1.36. The summed E-state index contributed by atoms with van der Waals surface area (Å²) in [6.07, 6.45) is 4.91. The predicted octanol–water partition coefficient (Wildman–Crippen LogP) is 2.65. The third kappa shape index (κ3) is 2.99. The van der Waals surface area contributed by atoms with Crippen molar-refractivity contribution in [1.82, 2.24) is 9.88 Å². The van der Waals surface area contributed by atoms with Crippen LogP contribution in [0.2, 0.25) is 0 Å². The van der Waals surface area contributed by atoms with E-state index in [-0.39, 0.29) is 0 Å². The molecule has 112 valence electrons. The van der Waals surface area contributed by atoms with E-state index in [0.717, 1.165) is 12.8 Å². The van der Waals surface area contributed by atoms with Crippen LogP contribution in [0.4, 0.5) is 15.4 Å². The van der Waals surface area contributed by atoms with Gasteiger partial charge in [-0.15, -0.1) is 0 Å². The summed E-state index contributed by atoms with van der Waals surface area (Å²) in [7, 11) is 1.54. The highest BCUT2D eigenvalue weighted by Gasteiger charge is 2.45. The van der Waals surface area contributed by atoms with Crippen molar-refractivity contribution >= 4 is 18.0 Å². The minimum Gasteiger partial charge on any atom is -0.359 e. The zero-order valence-corrected chi connectivity index (χ0v) is 12.1. The number of piperidine rings is 1. The Morgan fingerprint density at radius 3 is 2.52 bits per heavy atom. The Morgan fingerprint density at radius 1 is 1.24 bits per heavy atom. The maximum Gasteiger partial charge on any atom is 0.424 e. The number of hydrogen-bond acceptors (Lipinski definition) is 4. The first kappa shape index (κ1) is 13.9. The standard InChI is InChI=1S/C15H19N3O3/c1-17(12-4-2-3-9-16-12)13(19)21-14(20)18-10-7-15(5-6-15)8-11-18/h2-4,9H,5-8,10-11H2,1H3. The third-order valence-electron chi connectivity index (χ3n) is 4.48. The number of carbonyl (C=O) groups excluding carboxylic acids is 2. The van der Waals surface area contributed by atoms with Gasteiger partial charge in [0.1, 0.15) is 5.82 Å². The van der Waals surface area contributed by atoms with Gasteiger partial charge in [0.2, 0.25) is 0 Å². The summed E-state index contributed by atoms with van der Waals surface area (Å²) < 4.78 is 4.93. The molecule has 1 aliphatic heterocycles. The van der Waals surface area contributed by atoms with Crippen LogP contribution in [0.1, 0.15) is 25.7 Å². The number of likely N-dealkylation sites (tertiary alicyclic amines) is 1. The highest BCUT2D eigenvalue weighted by Crippen LogP contribution is 2.53. The summed E-state index contributed by atoms with van der Waals surface area (Å²) in [6, 6.07) is 5.21. The monoisotopic (exact) mass is 289 g/mol. The van der Waals surface area contributed by atoms with E-state index in [1.807, 2.05) is 0 Å². The van der Waals surface area contributed by atoms with Crippen LogP contribution in [0, 0.1) is 5.41 Å². The quantitative estimate of drug-likeness (QED) is 0.746. The number of hydrogen-bond donors (Lipinski definition) is 0. The number of nitrogens with zero attached hydrogens (tertiary/aromatic N) is 3. The molecule has 0 aromatic carbocycles. The molecule has 2 heterocycles. The molecule has 1 spiro atoms. The molecular formula is C15H19N3O3. The topological polar surface area (TPSA) is 62.7 Å². The van der Waals surface area contributed by atoms with Crippen molar-refractivity contribution in [3.05, 3.63) is 24.4 Å². The van der Waals surface area contributed by atoms with Gasteiger partial charge in [-0.2, -0.15) is 0 Å². The fourth-order valence-electron chi connectivity index (χ4n) is 2.69. The Bertz CT molecular complexity index is 532. The van der Waals surface area contributed by atoms with Crippen LogP contribution in [0.3, 0.4) is 0 Å². The second-order valence-corrected chi connectivity index (χ2v) is 5.87. The summed E-state index contributed by atoms with van der Waals surface area (Å²) in [5.41, 5.74) is 0.492. The molecule has 0 radical (unpaired) electrons. The van der Waals surface area contributed by atoms with Crippen molar-refractivity contribution in [2.75, 3.05) is 25.0 Å². The van der Waals surface area contributed by atoms with Crippen molar-refractivity contribution in [1.29, 1.82) is 0 Å². The van der Waals surface area contributed by atoms with E-state index in [4.69, 9.17) is 4.74 Å². The van der Waals surface area contributed by atoms with Gasteiger partial charge >= 0.3 is 12.2 Å². The number of amides is 2. The lowest BCUT2D eigenvalue weighted by molar-refractivity contribution is 0.104. The van der Waals surface area contributed by atoms with E-state index in [1.165, 1.54) is 24.8 Å². The molecule has 0 atom stereocenters. The van der Waals surface area contributed by atoms with Crippen molar-refractivity contribution in [3.8, 4) is 0 Å². The first-order valence-electron chi connectivity index (χ1n) is 7.25. The Balaban J connectivity index is 1.53. The van der Waals surface area contributed by atoms with Gasteiger partial charge in [0.15, 0.2) is 0 Å². The molecule has 1 saturated heterocycles. The third-order valence-corrected chi connectivity index (χ3v) is 4.48. The van der Waals surface area contributed by atoms with Crippen molar-refractivity contribution < 1.29 is 14.3 Å². The number of pyridine rings is 1. The van der Waals surface area contributed by atoms with Crippen LogP contribution in [-0.2, 0) is 4.74 Å². The Morgan fingerprint density at radius 2 is 1.95 bits per heavy atom. The lowest BCUT2D eigenvalue weighted by Crippen LogP contribution is -2.42. The molecule has 2 fully saturated rings. The summed E-state index contributed by atoms with van der Waals surface area (Å²) in [5.74, 6) is 0.450. The Kier molecular flexibility index (Phi) is 3.53. The van der Waals surface area contributed by atoms with Crippen LogP contribution in [0.5, 0.6) is 0 Å². The second kappa shape index (κ2) is 5.35. The molecule has 3 rings (SSSR count). The Labute approximate surface area is 123 Å². The highest BCUT2D eigenvalue weighted by molar-refractivity contribution is 5.93. The van der Waals surface area contributed by atoms with Gasteiger partial charge in [0.05, 0.1) is 0 Å². The normalized spacial score (nSPS) is 19.2. The SMILES string of the molecule is CN(C(=O)OC(=O)N1CCC2(CC1)CC2)c1ccccn1. The molecule has 2 aliphatic rings. The van der Waals surface area contributed by atoms with Gasteiger partial charge in [-0.25, -0.2) is 14.6 Å². The molecular weight excluding hydrogens is 270 g/mol. The molecule has 21 heavy (non-hydrogen) atoms. The maximum atomic E-state index is 12.0. The van der Waals surface area contributed by atoms with Gasteiger partial charge in [-0.3, -0.25) is 4.90 Å². The van der Waals surface area contributed by atoms with E-state index in [2.05, 4.69) is 4.98 Å². The van der Waals surface area contributed by atoms with Gasteiger partial charge in [-0.05, 0) is 43.2 Å². The van der Waals surface area contributed by atoms with Crippen LogP contribution >= 0.6 is 0 Å². The smallest absolute Gasteiger partial charge is 0.359 e. The summed E-state index contributed by atoms with van der Waals surface area (Å²) in [5, 5.41) is 0. The van der Waals surface area contributed by atoms with Crippen molar-refractivity contribution in [2.45, 2.75) is 25.7 Å². The first-order valence-corrected chi connectivity index (χ1v) is 7.25. The first-order chi connectivity index (χ1) is 10.1. The van der Waals surface area contributed by atoms with Crippen LogP contribution < -0.4 is 4.90 Å². The number of carbonyl (C=O) groups is 2. The van der Waals surface area contributed by atoms with E-state index in [9.17, 15) is 9.59 Å². The van der Waals surface area contributed by atoms with Crippen molar-refractivity contribution in [3.63, 3.8) is 0 Å². The molecule has 2 amide bonds. The number of anilines is 1. The molecule has 0 N–H and O–H groups in total. The fourth-order valence-corrected chi connectivity index (χ4v) is 2.69. The zero-order valence-electron chi connectivity index (χ0n) is 12.1. The minimum absolute atomic E-state index is 0.450. The highest BCUT2D eigenvalue weighted by atomic mass is 16.6. The summed E-state index contributed by atoms with van der Waals surface area (Å²) in [4.78, 5) is 30.9. The molecule has 0 unspecified atom stereocenters. The minimum atomic E-state index is -0.703. The average molecular weight is 289 g/mol. The Hall–Kier alpha value is -2.11. The molecule has 1 aromatic rings. The number of aromatic nitrogens is 1. The van der Waals surface area contributed by atoms with E-state index < -0.39 is 12.2 Å². The predicted molar refractivity (Wildman–Crippen MR) is 77.0 cm³/mol. The maximum absolute atomic E-state index is 12.0. The van der Waals surface area contributed by atoms with Gasteiger partial charge in [0.25, 0.3) is 0 Å². The van der Waals surface area contributed by atoms with Crippen LogP contribution in [0.15, 0.2) is 24.4 Å². The molecule has 1 aliphatic carbocycles. The lowest BCUT2D eigenvalue weighted by atomic mass is 9.94. The van der Waals surface area contributed by atoms with Crippen molar-refractivity contribution in [2.24, 2.45) is 5.41 Å². The van der Waals surface area contributed by atoms with E-state index >= 15 is 0 Å². The van der Waals surface area contributed by atoms with E-state index in [1.54, 1.807) is 29.3 Å². The molecule has 6 nitrogen and oxygen atoms in total. The molecule has 0 bridgehead atoms. The van der Waals surface area contributed by atoms with E-state index in [0.29, 0.717) is 24.3 Å². The molecule has 1 aromatic heterocycles. The largest absolute Gasteiger partial charge is 0.424 e. The summed E-state index contributed by atoms with van der Waals surface area (Å²) >= 11 is 0. The number of rotatable bonds is 1. The number of ether oxygens (including phenoxy) is 1. The zero-order chi connectivity index (χ0) is 14.9. The molecule has 1 saturated carbocycles. The van der Waals surface area contributed by atoms with Gasteiger partial charge < -0.3 is 9.64 Å². The fraction of sp³-hybridized carbons (Fsp3) is 0.533. The van der Waals surface area contributed by atoms with Gasteiger partial charge in [0, 0.05) is 26.3 Å². The van der Waals surface area contributed by atoms with Gasteiger partial charge in [-0.1, -0.05) is 6.07 Å². The average Bonchev–Trinajstić information content (AvgIpc) is 3.27. The second-order valence-electron chi connectivity index (χ2n) is 5.87. The lowest BCUT2D eigenvalue weighted by Gasteiger charge is -2.31. The van der Waals surface area contributed by atoms with Crippen LogP contribution in [-0.4, -0.2) is 42.2 Å². The molecule has 6 heteroatoms.